The first-order valence-electron chi connectivity index (χ1n) is 7.50. The molecule has 3 aliphatic rings. The number of fused-ring (bicyclic) bond motifs is 3. The van der Waals surface area contributed by atoms with Crippen LogP contribution in [0.4, 0.5) is 0 Å². The molecule has 20 heavy (non-hydrogen) atoms. The molecule has 3 heterocycles. The highest BCUT2D eigenvalue weighted by molar-refractivity contribution is 5.54. The standard InChI is InChI=1S/C15H21N3O2/c1-17-6-8-19-10-13(17)15-14-11-4-2-3-5-12(11)16-18(14)7-9-20-15/h3,5,13,15H,2,4,6-10H2,1H3/t13-,15+/m0/s1. The summed E-state index contributed by atoms with van der Waals surface area (Å²) in [7, 11) is 2.16. The van der Waals surface area contributed by atoms with Crippen LogP contribution in [0.5, 0.6) is 0 Å². The van der Waals surface area contributed by atoms with E-state index in [0.29, 0.717) is 6.04 Å². The summed E-state index contributed by atoms with van der Waals surface area (Å²) in [5.41, 5.74) is 3.82. The molecule has 0 N–H and O–H groups in total. The van der Waals surface area contributed by atoms with Crippen molar-refractivity contribution < 1.29 is 9.47 Å². The smallest absolute Gasteiger partial charge is 0.117 e. The molecule has 0 amide bonds. The van der Waals surface area contributed by atoms with Gasteiger partial charge in [-0.1, -0.05) is 6.08 Å². The number of hydrogen-bond donors (Lipinski definition) is 0. The SMILES string of the molecule is CN1CCOC[C@H]1[C@H]1OCCn2nc3c(c21)CCC=C3. The molecule has 0 bridgehead atoms. The molecule has 0 radical (unpaired) electrons. The molecule has 0 spiro atoms. The maximum Gasteiger partial charge on any atom is 0.117 e. The lowest BCUT2D eigenvalue weighted by atomic mass is 9.95. The third-order valence-corrected chi connectivity index (χ3v) is 4.62. The average Bonchev–Trinajstić information content (AvgIpc) is 2.86. The van der Waals surface area contributed by atoms with Crippen molar-refractivity contribution >= 4 is 6.08 Å². The molecule has 2 atom stereocenters. The van der Waals surface area contributed by atoms with Crippen molar-refractivity contribution in [1.29, 1.82) is 0 Å². The van der Waals surface area contributed by atoms with Gasteiger partial charge in [0.1, 0.15) is 6.10 Å². The Labute approximate surface area is 119 Å². The Morgan fingerprint density at radius 3 is 3.15 bits per heavy atom. The number of allylic oxidation sites excluding steroid dienone is 1. The molecular weight excluding hydrogens is 254 g/mol. The fourth-order valence-corrected chi connectivity index (χ4v) is 3.50. The van der Waals surface area contributed by atoms with Gasteiger partial charge in [0.15, 0.2) is 0 Å². The fourth-order valence-electron chi connectivity index (χ4n) is 3.50. The van der Waals surface area contributed by atoms with E-state index in [0.717, 1.165) is 51.4 Å². The van der Waals surface area contributed by atoms with Crippen molar-refractivity contribution in [1.82, 2.24) is 14.7 Å². The number of likely N-dealkylation sites (N-methyl/N-ethyl adjacent to an activating group) is 1. The molecule has 4 rings (SSSR count). The minimum Gasteiger partial charge on any atom is -0.378 e. The van der Waals surface area contributed by atoms with Crippen LogP contribution in [0.1, 0.15) is 29.5 Å². The minimum atomic E-state index is 0.0943. The predicted octanol–water partition coefficient (Wildman–Crippen LogP) is 1.24. The molecule has 1 aromatic rings. The summed E-state index contributed by atoms with van der Waals surface area (Å²) in [6, 6.07) is 0.300. The van der Waals surface area contributed by atoms with Crippen LogP contribution in [-0.4, -0.2) is 54.1 Å². The van der Waals surface area contributed by atoms with Crippen LogP contribution in [-0.2, 0) is 22.4 Å². The summed E-state index contributed by atoms with van der Waals surface area (Å²) in [6.45, 7) is 4.15. The molecule has 5 heteroatoms. The van der Waals surface area contributed by atoms with Crippen LogP contribution in [0.25, 0.3) is 6.08 Å². The van der Waals surface area contributed by atoms with Crippen LogP contribution in [0.3, 0.4) is 0 Å². The van der Waals surface area contributed by atoms with Gasteiger partial charge in [0.05, 0.1) is 43.8 Å². The highest BCUT2D eigenvalue weighted by Crippen LogP contribution is 2.35. The number of rotatable bonds is 1. The van der Waals surface area contributed by atoms with E-state index < -0.39 is 0 Å². The first-order chi connectivity index (χ1) is 9.84. The summed E-state index contributed by atoms with van der Waals surface area (Å²) in [5, 5.41) is 4.75. The lowest BCUT2D eigenvalue weighted by Crippen LogP contribution is -2.48. The average molecular weight is 275 g/mol. The quantitative estimate of drug-likeness (QED) is 0.773. The molecule has 2 aliphatic heterocycles. The van der Waals surface area contributed by atoms with E-state index in [1.165, 1.54) is 11.3 Å². The Bertz CT molecular complexity index is 537. The Kier molecular flexibility index (Phi) is 3.13. The second kappa shape index (κ2) is 4.98. The highest BCUT2D eigenvalue weighted by Gasteiger charge is 2.37. The normalized spacial score (nSPS) is 30.1. The zero-order chi connectivity index (χ0) is 13.5. The van der Waals surface area contributed by atoms with E-state index in [9.17, 15) is 0 Å². The summed E-state index contributed by atoms with van der Waals surface area (Å²) in [6.07, 6.45) is 6.65. The minimum absolute atomic E-state index is 0.0943. The molecule has 1 saturated heterocycles. The number of aromatic nitrogens is 2. The van der Waals surface area contributed by atoms with Crippen molar-refractivity contribution in [2.75, 3.05) is 33.4 Å². The molecule has 1 fully saturated rings. The van der Waals surface area contributed by atoms with Crippen molar-refractivity contribution in [3.05, 3.63) is 23.0 Å². The second-order valence-corrected chi connectivity index (χ2v) is 5.83. The maximum absolute atomic E-state index is 6.13. The van der Waals surface area contributed by atoms with E-state index in [4.69, 9.17) is 14.6 Å². The van der Waals surface area contributed by atoms with Crippen LogP contribution in [0.2, 0.25) is 0 Å². The van der Waals surface area contributed by atoms with Gasteiger partial charge in [-0.2, -0.15) is 5.10 Å². The van der Waals surface area contributed by atoms with Gasteiger partial charge in [0, 0.05) is 12.1 Å². The molecule has 0 unspecified atom stereocenters. The molecule has 0 saturated carbocycles. The zero-order valence-corrected chi connectivity index (χ0v) is 11.9. The predicted molar refractivity (Wildman–Crippen MR) is 75.5 cm³/mol. The molecule has 5 nitrogen and oxygen atoms in total. The number of ether oxygens (including phenoxy) is 2. The Balaban J connectivity index is 1.74. The van der Waals surface area contributed by atoms with E-state index >= 15 is 0 Å². The van der Waals surface area contributed by atoms with Crippen molar-refractivity contribution in [3.8, 4) is 0 Å². The largest absolute Gasteiger partial charge is 0.378 e. The van der Waals surface area contributed by atoms with Gasteiger partial charge < -0.3 is 9.47 Å². The van der Waals surface area contributed by atoms with Gasteiger partial charge >= 0.3 is 0 Å². The van der Waals surface area contributed by atoms with Gasteiger partial charge in [-0.15, -0.1) is 0 Å². The molecule has 0 aromatic carbocycles. The summed E-state index contributed by atoms with van der Waals surface area (Å²) in [4.78, 5) is 2.36. The lowest BCUT2D eigenvalue weighted by Gasteiger charge is -2.39. The number of nitrogens with zero attached hydrogens (tertiary/aromatic N) is 3. The third-order valence-electron chi connectivity index (χ3n) is 4.62. The van der Waals surface area contributed by atoms with Crippen LogP contribution in [0.15, 0.2) is 6.08 Å². The fraction of sp³-hybridized carbons (Fsp3) is 0.667. The summed E-state index contributed by atoms with van der Waals surface area (Å²) in [5.74, 6) is 0. The Hall–Kier alpha value is -1.17. The van der Waals surface area contributed by atoms with Gasteiger partial charge in [-0.25, -0.2) is 0 Å². The van der Waals surface area contributed by atoms with Crippen LogP contribution < -0.4 is 0 Å². The van der Waals surface area contributed by atoms with E-state index in [2.05, 4.69) is 28.8 Å². The molecule has 1 aliphatic carbocycles. The topological polar surface area (TPSA) is 39.5 Å². The Morgan fingerprint density at radius 2 is 2.25 bits per heavy atom. The molecule has 1 aromatic heterocycles. The van der Waals surface area contributed by atoms with Crippen LogP contribution >= 0.6 is 0 Å². The van der Waals surface area contributed by atoms with Crippen LogP contribution in [0, 0.1) is 0 Å². The zero-order valence-electron chi connectivity index (χ0n) is 11.9. The number of hydrogen-bond acceptors (Lipinski definition) is 4. The highest BCUT2D eigenvalue weighted by atomic mass is 16.5. The van der Waals surface area contributed by atoms with Gasteiger partial charge in [0.2, 0.25) is 0 Å². The summed E-state index contributed by atoms with van der Waals surface area (Å²) >= 11 is 0. The van der Waals surface area contributed by atoms with E-state index in [-0.39, 0.29) is 6.10 Å². The maximum atomic E-state index is 6.13. The van der Waals surface area contributed by atoms with E-state index in [1.807, 2.05) is 0 Å². The first kappa shape index (κ1) is 12.6. The van der Waals surface area contributed by atoms with Crippen molar-refractivity contribution in [2.45, 2.75) is 31.5 Å². The van der Waals surface area contributed by atoms with E-state index in [1.54, 1.807) is 0 Å². The molecular formula is C15H21N3O2. The Morgan fingerprint density at radius 1 is 1.30 bits per heavy atom. The summed E-state index contributed by atoms with van der Waals surface area (Å²) < 4.78 is 14.0. The van der Waals surface area contributed by atoms with Gasteiger partial charge in [-0.05, 0) is 26.0 Å². The monoisotopic (exact) mass is 275 g/mol. The molecule has 108 valence electrons. The number of morpholine rings is 1. The second-order valence-electron chi connectivity index (χ2n) is 5.83. The van der Waals surface area contributed by atoms with Crippen molar-refractivity contribution in [3.63, 3.8) is 0 Å². The van der Waals surface area contributed by atoms with Crippen molar-refractivity contribution in [2.24, 2.45) is 0 Å². The first-order valence-corrected chi connectivity index (χ1v) is 7.50. The van der Waals surface area contributed by atoms with Gasteiger partial charge in [0.25, 0.3) is 0 Å². The third kappa shape index (κ3) is 1.92. The van der Waals surface area contributed by atoms with Gasteiger partial charge in [-0.3, -0.25) is 9.58 Å². The lowest BCUT2D eigenvalue weighted by molar-refractivity contribution is -0.0904.